The maximum Gasteiger partial charge on any atom is 0.329 e. The highest BCUT2D eigenvalue weighted by molar-refractivity contribution is 5.95. The van der Waals surface area contributed by atoms with Crippen LogP contribution in [0.2, 0.25) is 0 Å². The molecule has 0 radical (unpaired) electrons. The predicted molar refractivity (Wildman–Crippen MR) is 59.6 cm³/mol. The molecule has 0 unspecified atom stereocenters. The highest BCUT2D eigenvalue weighted by Crippen LogP contribution is 2.17. The molecule has 0 aromatic carbocycles. The fraction of sp³-hybridized carbons (Fsp3) is 0.545. The minimum absolute atomic E-state index is 0.00984. The minimum Gasteiger partial charge on any atom is -0.480 e. The first kappa shape index (κ1) is 13.2. The van der Waals surface area contributed by atoms with Gasteiger partial charge in [-0.25, -0.2) is 4.79 Å². The Kier molecular flexibility index (Phi) is 3.55. The lowest BCUT2D eigenvalue weighted by Gasteiger charge is -2.29. The van der Waals surface area contributed by atoms with Gasteiger partial charge in [-0.1, -0.05) is 19.0 Å². The molecule has 0 aliphatic rings. The number of aliphatic carboxylic acids is 1. The number of carbonyl (C=O) groups is 2. The van der Waals surface area contributed by atoms with Gasteiger partial charge in [-0.2, -0.15) is 0 Å². The van der Waals surface area contributed by atoms with E-state index in [-0.39, 0.29) is 11.7 Å². The van der Waals surface area contributed by atoms with Crippen molar-refractivity contribution in [1.82, 2.24) is 10.5 Å². The summed E-state index contributed by atoms with van der Waals surface area (Å²) in [5.74, 6) is -1.91. The second kappa shape index (κ2) is 4.57. The van der Waals surface area contributed by atoms with Crippen molar-refractivity contribution in [3.63, 3.8) is 0 Å². The van der Waals surface area contributed by atoms with Gasteiger partial charge in [-0.15, -0.1) is 0 Å². The van der Waals surface area contributed by atoms with Crippen LogP contribution < -0.4 is 5.32 Å². The molecule has 0 aliphatic carbocycles. The highest BCUT2D eigenvalue weighted by Gasteiger charge is 2.39. The van der Waals surface area contributed by atoms with Crippen LogP contribution in [-0.2, 0) is 4.79 Å². The van der Waals surface area contributed by atoms with E-state index in [1.807, 2.05) is 0 Å². The van der Waals surface area contributed by atoms with Crippen molar-refractivity contribution >= 4 is 11.9 Å². The Labute approximate surface area is 99.0 Å². The summed E-state index contributed by atoms with van der Waals surface area (Å²) >= 11 is 0. The van der Waals surface area contributed by atoms with E-state index in [2.05, 4.69) is 10.5 Å². The van der Waals surface area contributed by atoms with Crippen LogP contribution >= 0.6 is 0 Å². The van der Waals surface area contributed by atoms with Crippen LogP contribution in [0.25, 0.3) is 0 Å². The van der Waals surface area contributed by atoms with Crippen molar-refractivity contribution in [2.24, 2.45) is 5.92 Å². The molecule has 17 heavy (non-hydrogen) atoms. The molecule has 1 rings (SSSR count). The zero-order chi connectivity index (χ0) is 13.2. The number of carboxylic acid groups (broad SMARTS) is 1. The first-order valence-electron chi connectivity index (χ1n) is 5.26. The summed E-state index contributed by atoms with van der Waals surface area (Å²) in [6.45, 7) is 6.58. The third-order valence-corrected chi connectivity index (χ3v) is 2.82. The SMILES string of the molecule is Cc1cc(C(=O)N[C@](C)(C(=O)O)C(C)C)on1. The number of hydrogen-bond acceptors (Lipinski definition) is 4. The molecule has 1 aromatic heterocycles. The molecule has 6 nitrogen and oxygen atoms in total. The summed E-state index contributed by atoms with van der Waals surface area (Å²) in [5, 5.41) is 15.2. The van der Waals surface area contributed by atoms with Crippen LogP contribution in [0, 0.1) is 12.8 Å². The highest BCUT2D eigenvalue weighted by atomic mass is 16.5. The number of nitrogens with one attached hydrogen (secondary N) is 1. The minimum atomic E-state index is -1.34. The summed E-state index contributed by atoms with van der Waals surface area (Å²) in [6, 6.07) is 1.46. The number of amides is 1. The van der Waals surface area contributed by atoms with Gasteiger partial charge < -0.3 is 14.9 Å². The molecule has 0 fully saturated rings. The summed E-state index contributed by atoms with van der Waals surface area (Å²) in [4.78, 5) is 22.9. The fourth-order valence-electron chi connectivity index (χ4n) is 1.21. The lowest BCUT2D eigenvalue weighted by atomic mass is 9.88. The number of aryl methyl sites for hydroxylation is 1. The molecule has 2 N–H and O–H groups in total. The van der Waals surface area contributed by atoms with E-state index >= 15 is 0 Å². The topological polar surface area (TPSA) is 92.4 Å². The normalized spacial score (nSPS) is 14.4. The van der Waals surface area contributed by atoms with E-state index in [9.17, 15) is 9.59 Å². The van der Waals surface area contributed by atoms with Gasteiger partial charge in [0.05, 0.1) is 5.69 Å². The van der Waals surface area contributed by atoms with Crippen LogP contribution in [-0.4, -0.2) is 27.7 Å². The van der Waals surface area contributed by atoms with Crippen LogP contribution in [0.5, 0.6) is 0 Å². The Balaban J connectivity index is 2.89. The fourth-order valence-corrected chi connectivity index (χ4v) is 1.21. The van der Waals surface area contributed by atoms with Crippen molar-refractivity contribution in [1.29, 1.82) is 0 Å². The zero-order valence-corrected chi connectivity index (χ0v) is 10.3. The Bertz CT molecular complexity index is 438. The van der Waals surface area contributed by atoms with Gasteiger partial charge in [-0.05, 0) is 19.8 Å². The zero-order valence-electron chi connectivity index (χ0n) is 10.3. The predicted octanol–water partition coefficient (Wildman–Crippen LogP) is 1.21. The van der Waals surface area contributed by atoms with E-state index in [4.69, 9.17) is 9.63 Å². The Hall–Kier alpha value is -1.85. The first-order chi connectivity index (χ1) is 7.77. The van der Waals surface area contributed by atoms with Gasteiger partial charge in [0.25, 0.3) is 5.91 Å². The Morgan fingerprint density at radius 2 is 2.12 bits per heavy atom. The second-order valence-electron chi connectivity index (χ2n) is 4.45. The van der Waals surface area contributed by atoms with E-state index in [0.717, 1.165) is 0 Å². The smallest absolute Gasteiger partial charge is 0.329 e. The molecule has 1 aromatic rings. The molecule has 0 aliphatic heterocycles. The Morgan fingerprint density at radius 3 is 2.47 bits per heavy atom. The molecule has 1 atom stereocenters. The monoisotopic (exact) mass is 240 g/mol. The number of hydrogen-bond donors (Lipinski definition) is 2. The first-order valence-corrected chi connectivity index (χ1v) is 5.26. The number of rotatable bonds is 4. The lowest BCUT2D eigenvalue weighted by Crippen LogP contribution is -2.55. The summed E-state index contributed by atoms with van der Waals surface area (Å²) in [5.41, 5.74) is -0.769. The third-order valence-electron chi connectivity index (χ3n) is 2.82. The van der Waals surface area contributed by atoms with Crippen LogP contribution in [0.15, 0.2) is 10.6 Å². The number of carboxylic acids is 1. The van der Waals surface area contributed by atoms with Crippen LogP contribution in [0.4, 0.5) is 0 Å². The molecular weight excluding hydrogens is 224 g/mol. The molecule has 1 heterocycles. The van der Waals surface area contributed by atoms with Gasteiger partial charge in [0.15, 0.2) is 0 Å². The molecule has 1 amide bonds. The van der Waals surface area contributed by atoms with E-state index in [1.54, 1.807) is 20.8 Å². The number of carbonyl (C=O) groups excluding carboxylic acids is 1. The van der Waals surface area contributed by atoms with Crippen molar-refractivity contribution in [2.45, 2.75) is 33.2 Å². The maximum atomic E-state index is 11.8. The van der Waals surface area contributed by atoms with Crippen LogP contribution in [0.3, 0.4) is 0 Å². The average Bonchev–Trinajstić information content (AvgIpc) is 2.64. The Morgan fingerprint density at radius 1 is 1.53 bits per heavy atom. The molecular formula is C11H16N2O4. The standard InChI is InChI=1S/C11H16N2O4/c1-6(2)11(4,10(15)16)12-9(14)8-5-7(3)13-17-8/h5-6H,1-4H3,(H,12,14)(H,15,16)/t11-/m0/s1. The number of nitrogens with zero attached hydrogens (tertiary/aromatic N) is 1. The van der Waals surface area contributed by atoms with E-state index in [0.29, 0.717) is 5.69 Å². The molecule has 0 spiro atoms. The van der Waals surface area contributed by atoms with Gasteiger partial charge >= 0.3 is 5.97 Å². The average molecular weight is 240 g/mol. The van der Waals surface area contributed by atoms with Crippen molar-refractivity contribution in [3.8, 4) is 0 Å². The van der Waals surface area contributed by atoms with Crippen molar-refractivity contribution in [2.75, 3.05) is 0 Å². The molecule has 0 saturated carbocycles. The van der Waals surface area contributed by atoms with Gasteiger partial charge in [-0.3, -0.25) is 4.79 Å². The van der Waals surface area contributed by atoms with Crippen molar-refractivity contribution < 1.29 is 19.2 Å². The third kappa shape index (κ3) is 2.64. The van der Waals surface area contributed by atoms with Gasteiger partial charge in [0.2, 0.25) is 5.76 Å². The van der Waals surface area contributed by atoms with Crippen molar-refractivity contribution in [3.05, 3.63) is 17.5 Å². The van der Waals surface area contributed by atoms with E-state index < -0.39 is 17.4 Å². The largest absolute Gasteiger partial charge is 0.480 e. The van der Waals surface area contributed by atoms with Gasteiger partial charge in [0, 0.05) is 6.07 Å². The molecule has 6 heteroatoms. The molecule has 0 saturated heterocycles. The lowest BCUT2D eigenvalue weighted by molar-refractivity contribution is -0.145. The van der Waals surface area contributed by atoms with Crippen LogP contribution in [0.1, 0.15) is 37.0 Å². The summed E-state index contributed by atoms with van der Waals surface area (Å²) < 4.78 is 4.78. The maximum absolute atomic E-state index is 11.8. The molecule has 94 valence electrons. The summed E-state index contributed by atoms with van der Waals surface area (Å²) in [6.07, 6.45) is 0. The summed E-state index contributed by atoms with van der Waals surface area (Å²) in [7, 11) is 0. The quantitative estimate of drug-likeness (QED) is 0.825. The van der Waals surface area contributed by atoms with Gasteiger partial charge in [0.1, 0.15) is 5.54 Å². The van der Waals surface area contributed by atoms with E-state index in [1.165, 1.54) is 13.0 Å². The number of aromatic nitrogens is 1. The molecule has 0 bridgehead atoms. The second-order valence-corrected chi connectivity index (χ2v) is 4.45.